The minimum Gasteiger partial charge on any atom is -0.495 e. The number of rotatable bonds is 6. The van der Waals surface area contributed by atoms with Gasteiger partial charge in [-0.1, -0.05) is 12.8 Å². The summed E-state index contributed by atoms with van der Waals surface area (Å²) in [5.74, 6) is 0.364. The highest BCUT2D eigenvalue weighted by Crippen LogP contribution is 2.29. The lowest BCUT2D eigenvalue weighted by atomic mass is 10.2. The Morgan fingerprint density at radius 3 is 2.28 bits per heavy atom. The van der Waals surface area contributed by atoms with Gasteiger partial charge < -0.3 is 15.0 Å². The first-order chi connectivity index (χ1) is 14.0. The van der Waals surface area contributed by atoms with E-state index in [2.05, 4.69) is 5.32 Å². The fourth-order valence-electron chi connectivity index (χ4n) is 4.20. The first-order valence-corrected chi connectivity index (χ1v) is 12.3. The average molecular weight is 425 g/mol. The molecule has 0 bridgehead atoms. The number of hydrogen-bond acceptors (Lipinski definition) is 4. The average Bonchev–Trinajstić information content (AvgIpc) is 3.13. The number of carbonyl (C=O) groups excluding carboxylic acids is 1. The number of sulfonamides is 1. The minimum absolute atomic E-state index is 0.107. The predicted octanol–water partition coefficient (Wildman–Crippen LogP) is 1.66. The van der Waals surface area contributed by atoms with Crippen LogP contribution in [0.25, 0.3) is 0 Å². The van der Waals surface area contributed by atoms with Gasteiger partial charge in [0.2, 0.25) is 10.0 Å². The number of amides is 1. The van der Waals surface area contributed by atoms with Crippen LogP contribution in [0.5, 0.6) is 5.75 Å². The molecule has 2 aliphatic rings. The third kappa shape index (κ3) is 5.93. The van der Waals surface area contributed by atoms with Crippen LogP contribution in [0.15, 0.2) is 23.1 Å². The van der Waals surface area contributed by atoms with Gasteiger partial charge in [0.25, 0.3) is 5.91 Å². The summed E-state index contributed by atoms with van der Waals surface area (Å²) in [6.45, 7) is 3.51. The highest BCUT2D eigenvalue weighted by molar-refractivity contribution is 7.89. The van der Waals surface area contributed by atoms with Crippen molar-refractivity contribution in [1.82, 2.24) is 4.31 Å². The Bertz CT molecular complexity index is 781. The molecule has 0 unspecified atom stereocenters. The van der Waals surface area contributed by atoms with E-state index in [0.29, 0.717) is 31.1 Å². The Hall–Kier alpha value is -1.64. The highest BCUT2D eigenvalue weighted by atomic mass is 32.2. The number of benzene rings is 1. The van der Waals surface area contributed by atoms with Gasteiger partial charge in [-0.2, -0.15) is 4.31 Å². The molecule has 2 fully saturated rings. The molecule has 3 rings (SSSR count). The topological polar surface area (TPSA) is 80.2 Å². The predicted molar refractivity (Wildman–Crippen MR) is 113 cm³/mol. The lowest BCUT2D eigenvalue weighted by Crippen LogP contribution is -3.12. The Kier molecular flexibility index (Phi) is 7.91. The molecular formula is C21H34N3O4S+. The Labute approximate surface area is 174 Å². The van der Waals surface area contributed by atoms with E-state index < -0.39 is 10.0 Å². The standard InChI is InChI=1S/C21H33N3O4S/c1-28-20-11-10-18(29(26,27)24-14-8-4-5-9-15-24)16-19(20)22-21(25)17-23-12-6-2-3-7-13-23/h10-11,16H,2-9,12-15,17H2,1H3,(H,22,25)/p+1. The van der Waals surface area contributed by atoms with Crippen molar-refractivity contribution in [2.75, 3.05) is 45.2 Å². The van der Waals surface area contributed by atoms with E-state index >= 15 is 0 Å². The van der Waals surface area contributed by atoms with Crippen LogP contribution in [0, 0.1) is 0 Å². The molecule has 0 aliphatic carbocycles. The molecule has 1 aromatic rings. The van der Waals surface area contributed by atoms with E-state index in [1.165, 1.54) is 30.9 Å². The Morgan fingerprint density at radius 2 is 1.66 bits per heavy atom. The van der Waals surface area contributed by atoms with E-state index in [4.69, 9.17) is 4.74 Å². The number of quaternary nitrogens is 1. The van der Waals surface area contributed by atoms with Gasteiger partial charge in [-0.25, -0.2) is 8.42 Å². The van der Waals surface area contributed by atoms with Crippen molar-refractivity contribution in [3.05, 3.63) is 18.2 Å². The number of nitrogens with one attached hydrogen (secondary N) is 2. The zero-order valence-electron chi connectivity index (χ0n) is 17.4. The SMILES string of the molecule is COc1ccc(S(=O)(=O)N2CCCCCC2)cc1NC(=O)C[NH+]1CCCCCC1. The number of likely N-dealkylation sites (tertiary alicyclic amines) is 1. The van der Waals surface area contributed by atoms with Gasteiger partial charge in [0.05, 0.1) is 30.8 Å². The van der Waals surface area contributed by atoms with Gasteiger partial charge in [0, 0.05) is 13.1 Å². The van der Waals surface area contributed by atoms with Crippen molar-refractivity contribution in [2.45, 2.75) is 56.3 Å². The molecule has 0 saturated carbocycles. The fourth-order valence-corrected chi connectivity index (χ4v) is 5.75. The van der Waals surface area contributed by atoms with Gasteiger partial charge in [-0.15, -0.1) is 0 Å². The van der Waals surface area contributed by atoms with Crippen LogP contribution in [0.2, 0.25) is 0 Å². The van der Waals surface area contributed by atoms with E-state index in [1.807, 2.05) is 0 Å². The fraction of sp³-hybridized carbons (Fsp3) is 0.667. The Balaban J connectivity index is 1.74. The molecule has 2 N–H and O–H groups in total. The largest absolute Gasteiger partial charge is 0.495 e. The molecule has 29 heavy (non-hydrogen) atoms. The zero-order chi connectivity index (χ0) is 20.7. The van der Waals surface area contributed by atoms with Gasteiger partial charge in [0.15, 0.2) is 6.54 Å². The van der Waals surface area contributed by atoms with Crippen LogP contribution in [-0.2, 0) is 14.8 Å². The Morgan fingerprint density at radius 1 is 1.03 bits per heavy atom. The molecule has 1 amide bonds. The van der Waals surface area contributed by atoms with Crippen molar-refractivity contribution < 1.29 is 22.8 Å². The lowest BCUT2D eigenvalue weighted by molar-refractivity contribution is -0.890. The normalized spacial score (nSPS) is 19.9. The molecule has 7 nitrogen and oxygen atoms in total. The van der Waals surface area contributed by atoms with E-state index in [1.54, 1.807) is 16.4 Å². The van der Waals surface area contributed by atoms with Crippen LogP contribution in [0.3, 0.4) is 0 Å². The summed E-state index contributed by atoms with van der Waals surface area (Å²) in [6.07, 6.45) is 8.66. The number of nitrogens with zero attached hydrogens (tertiary/aromatic N) is 1. The van der Waals surface area contributed by atoms with Crippen molar-refractivity contribution >= 4 is 21.6 Å². The molecule has 2 saturated heterocycles. The summed E-state index contributed by atoms with van der Waals surface area (Å²) >= 11 is 0. The van der Waals surface area contributed by atoms with Crippen LogP contribution in [0.4, 0.5) is 5.69 Å². The second-order valence-corrected chi connectivity index (χ2v) is 10.0. The molecule has 0 aromatic heterocycles. The van der Waals surface area contributed by atoms with Crippen molar-refractivity contribution in [3.63, 3.8) is 0 Å². The molecule has 0 spiro atoms. The molecular weight excluding hydrogens is 390 g/mol. The number of ether oxygens (including phenoxy) is 1. The maximum absolute atomic E-state index is 13.1. The van der Waals surface area contributed by atoms with E-state index in [0.717, 1.165) is 51.6 Å². The van der Waals surface area contributed by atoms with Crippen LogP contribution in [0.1, 0.15) is 51.4 Å². The first-order valence-electron chi connectivity index (χ1n) is 10.8. The third-order valence-electron chi connectivity index (χ3n) is 5.87. The smallest absolute Gasteiger partial charge is 0.279 e. The highest BCUT2D eigenvalue weighted by Gasteiger charge is 2.26. The molecule has 1 aromatic carbocycles. The monoisotopic (exact) mass is 424 g/mol. The summed E-state index contributed by atoms with van der Waals surface area (Å²) < 4.78 is 33.1. The van der Waals surface area contributed by atoms with Gasteiger partial charge in [0.1, 0.15) is 5.75 Å². The molecule has 0 atom stereocenters. The van der Waals surface area contributed by atoms with E-state index in [9.17, 15) is 13.2 Å². The summed E-state index contributed by atoms with van der Waals surface area (Å²) in [7, 11) is -2.06. The molecule has 8 heteroatoms. The second kappa shape index (κ2) is 10.4. The zero-order valence-corrected chi connectivity index (χ0v) is 18.2. The lowest BCUT2D eigenvalue weighted by Gasteiger charge is -2.21. The minimum atomic E-state index is -3.58. The van der Waals surface area contributed by atoms with Crippen molar-refractivity contribution in [3.8, 4) is 5.75 Å². The maximum atomic E-state index is 13.1. The third-order valence-corrected chi connectivity index (χ3v) is 7.76. The summed E-state index contributed by atoms with van der Waals surface area (Å²) in [5, 5.41) is 2.89. The molecule has 2 aliphatic heterocycles. The molecule has 0 radical (unpaired) electrons. The van der Waals surface area contributed by atoms with Gasteiger partial charge >= 0.3 is 0 Å². The number of carbonyl (C=O) groups is 1. The summed E-state index contributed by atoms with van der Waals surface area (Å²) in [5.41, 5.74) is 0.419. The van der Waals surface area contributed by atoms with E-state index in [-0.39, 0.29) is 10.8 Å². The molecule has 2 heterocycles. The molecule has 162 valence electrons. The second-order valence-electron chi connectivity index (χ2n) is 8.07. The van der Waals surface area contributed by atoms with Crippen LogP contribution >= 0.6 is 0 Å². The van der Waals surface area contributed by atoms with Gasteiger partial charge in [-0.05, 0) is 56.7 Å². The van der Waals surface area contributed by atoms with Crippen molar-refractivity contribution in [1.29, 1.82) is 0 Å². The van der Waals surface area contributed by atoms with Crippen molar-refractivity contribution in [2.24, 2.45) is 0 Å². The number of hydrogen-bond donors (Lipinski definition) is 2. The van der Waals surface area contributed by atoms with Crippen LogP contribution < -0.4 is 15.0 Å². The number of anilines is 1. The summed E-state index contributed by atoms with van der Waals surface area (Å²) in [6, 6.07) is 4.72. The number of methoxy groups -OCH3 is 1. The van der Waals surface area contributed by atoms with Crippen LogP contribution in [-0.4, -0.2) is 58.5 Å². The summed E-state index contributed by atoms with van der Waals surface area (Å²) in [4.78, 5) is 14.1. The maximum Gasteiger partial charge on any atom is 0.279 e. The quantitative estimate of drug-likeness (QED) is 0.728. The first kappa shape index (κ1) is 22.1. The van der Waals surface area contributed by atoms with Gasteiger partial charge in [-0.3, -0.25) is 4.79 Å².